The average Bonchev–Trinajstić information content (AvgIpc) is 3.72. The van der Waals surface area contributed by atoms with E-state index >= 15 is 0 Å². The van der Waals surface area contributed by atoms with Crippen molar-refractivity contribution in [2.75, 3.05) is 13.2 Å². The second-order valence-electron chi connectivity index (χ2n) is 27.0. The Bertz CT molecular complexity index is 2650. The van der Waals surface area contributed by atoms with E-state index in [1.807, 2.05) is 0 Å². The van der Waals surface area contributed by atoms with E-state index < -0.39 is 16.8 Å². The molecule has 0 unspecified atom stereocenters. The fourth-order valence-electron chi connectivity index (χ4n) is 8.93. The molecular weight excluding hydrogens is 903 g/mol. The summed E-state index contributed by atoms with van der Waals surface area (Å²) in [7, 11) is -3.77. The van der Waals surface area contributed by atoms with Gasteiger partial charge in [-0.1, -0.05) is 190 Å². The summed E-state index contributed by atoms with van der Waals surface area (Å²) >= 11 is 0. The highest BCUT2D eigenvalue weighted by Crippen LogP contribution is 2.56. The summed E-state index contributed by atoms with van der Waals surface area (Å²) in [4.78, 5) is 0. The van der Waals surface area contributed by atoms with Crippen LogP contribution < -0.4 is 9.05 Å². The van der Waals surface area contributed by atoms with Crippen molar-refractivity contribution >= 4 is 38.8 Å². The first-order valence-corrected chi connectivity index (χ1v) is 28.5. The first-order chi connectivity index (χ1) is 32.0. The maximum Gasteiger partial charge on any atom is 0.453 e. The number of benzene rings is 4. The lowest BCUT2D eigenvalue weighted by Gasteiger charge is -2.32. The number of hydrogen-bond donors (Lipinski definition) is 0. The van der Waals surface area contributed by atoms with Crippen LogP contribution in [0.4, 0.5) is 0 Å². The van der Waals surface area contributed by atoms with Crippen molar-refractivity contribution < 1.29 is 26.5 Å². The summed E-state index contributed by atoms with van der Waals surface area (Å²) in [5.74, 6) is 1.49. The van der Waals surface area contributed by atoms with Gasteiger partial charge in [0.25, 0.3) is 0 Å². The highest BCUT2D eigenvalue weighted by atomic mass is 31.2. The highest BCUT2D eigenvalue weighted by molar-refractivity contribution is 7.42. The minimum atomic E-state index is -2.14. The van der Waals surface area contributed by atoms with Crippen molar-refractivity contribution in [3.05, 3.63) is 93.0 Å². The molecule has 0 saturated carbocycles. The first-order valence-electron chi connectivity index (χ1n) is 26.4. The van der Waals surface area contributed by atoms with E-state index in [4.69, 9.17) is 26.5 Å². The predicted molar refractivity (Wildman–Crippen MR) is 302 cm³/mol. The molecule has 5 aromatic rings. The van der Waals surface area contributed by atoms with E-state index in [-0.39, 0.29) is 43.3 Å². The van der Waals surface area contributed by atoms with Gasteiger partial charge in [-0.2, -0.15) is 0 Å². The minimum absolute atomic E-state index is 0.0809. The molecule has 8 heteroatoms. The van der Waals surface area contributed by atoms with Crippen LogP contribution in [0.25, 0.3) is 33.1 Å². The first kappa shape index (κ1) is 56.0. The molecule has 70 heavy (non-hydrogen) atoms. The molecular formula is C62H92O6P2. The summed E-state index contributed by atoms with van der Waals surface area (Å²) in [6.07, 6.45) is 3.84. The van der Waals surface area contributed by atoms with Gasteiger partial charge in [0.1, 0.15) is 22.7 Å². The third-order valence-electron chi connectivity index (χ3n) is 16.0. The lowest BCUT2D eigenvalue weighted by molar-refractivity contribution is 0.350. The molecule has 1 aromatic heterocycles. The van der Waals surface area contributed by atoms with Crippen LogP contribution in [-0.4, -0.2) is 13.2 Å². The van der Waals surface area contributed by atoms with E-state index in [1.165, 1.54) is 33.4 Å². The molecule has 0 bridgehead atoms. The number of hydrogen-bond acceptors (Lipinski definition) is 6. The van der Waals surface area contributed by atoms with Gasteiger partial charge in [-0.3, -0.25) is 0 Å². The van der Waals surface area contributed by atoms with Crippen LogP contribution in [0, 0.1) is 0 Å². The quantitative estimate of drug-likeness (QED) is 0.110. The molecule has 1 aliphatic heterocycles. The van der Waals surface area contributed by atoms with Gasteiger partial charge in [-0.25, -0.2) is 0 Å². The average molecular weight is 995 g/mol. The van der Waals surface area contributed by atoms with E-state index in [2.05, 4.69) is 215 Å². The van der Waals surface area contributed by atoms with Gasteiger partial charge in [0.15, 0.2) is 0 Å². The smallest absolute Gasteiger partial charge is 0.426 e. The van der Waals surface area contributed by atoms with Crippen molar-refractivity contribution in [3.8, 4) is 22.6 Å². The molecule has 1 aliphatic rings. The van der Waals surface area contributed by atoms with Gasteiger partial charge in [0, 0.05) is 44.2 Å². The van der Waals surface area contributed by atoms with Gasteiger partial charge < -0.3 is 26.5 Å². The molecule has 0 aliphatic carbocycles. The normalized spacial score (nSPS) is 15.1. The number of fused-ring (bicyclic) bond motifs is 3. The SMILES string of the molecule is CCC(C)(C)c1cc(C(C)(C)CC)c2op(Oc3c(-c4cc(C(C)(C)C)cc(C(C)(C)C)c4OP4OCCO4)cc(C(C)(C)C)cc3C(C)(C)C)oc3c(C(C)(C)CC)cc(C(C)(C)CC)cc3c2c1. The fourth-order valence-corrected chi connectivity index (χ4v) is 11.1. The standard InChI is InChI=1S/C62H92O6P2/c1-25-59(17,18)41-33-45-46-34-42(60(19,20)26-2)38-50(62(23,24)28-4)54(46)68-70(67-53(45)49(37-41)61(21,22)27-3)66-52-44(32-40(56(8,9)10)36-48(52)58(14,15)16)43-31-39(55(5,6)7)35-47(57(11,12)13)51(43)65-69-63-29-30-64-69/h31-38H,25-30H2,1-24H3. The van der Waals surface area contributed by atoms with Crippen LogP contribution in [-0.2, 0) is 52.4 Å². The Morgan fingerprint density at radius 2 is 0.714 bits per heavy atom. The van der Waals surface area contributed by atoms with Crippen LogP contribution in [0.15, 0.2) is 56.9 Å². The van der Waals surface area contributed by atoms with Crippen LogP contribution in [0.3, 0.4) is 0 Å². The zero-order valence-electron chi connectivity index (χ0n) is 48.2. The molecule has 0 atom stereocenters. The topological polar surface area (TPSA) is 63.2 Å². The van der Waals surface area contributed by atoms with Crippen LogP contribution in [0.1, 0.15) is 236 Å². The van der Waals surface area contributed by atoms with E-state index in [9.17, 15) is 0 Å². The lowest BCUT2D eigenvalue weighted by atomic mass is 9.74. The van der Waals surface area contributed by atoms with Crippen molar-refractivity contribution in [1.29, 1.82) is 0 Å². The Morgan fingerprint density at radius 3 is 1.03 bits per heavy atom. The monoisotopic (exact) mass is 995 g/mol. The van der Waals surface area contributed by atoms with Crippen molar-refractivity contribution in [2.45, 2.75) is 235 Å². The molecule has 386 valence electrons. The Hall–Kier alpha value is -3.27. The Balaban J connectivity index is 1.92. The molecule has 0 radical (unpaired) electrons. The molecule has 2 heterocycles. The third-order valence-corrected chi connectivity index (χ3v) is 18.1. The van der Waals surface area contributed by atoms with Gasteiger partial charge in [-0.05, 0) is 116 Å². The molecule has 6 rings (SSSR count). The van der Waals surface area contributed by atoms with Gasteiger partial charge in [0.2, 0.25) is 0 Å². The maximum atomic E-state index is 7.78. The molecule has 1 saturated heterocycles. The molecule has 0 amide bonds. The maximum absolute atomic E-state index is 7.78. The second-order valence-corrected chi connectivity index (χ2v) is 29.2. The van der Waals surface area contributed by atoms with Crippen LogP contribution in [0.2, 0.25) is 0 Å². The van der Waals surface area contributed by atoms with Crippen molar-refractivity contribution in [3.63, 3.8) is 0 Å². The van der Waals surface area contributed by atoms with Crippen LogP contribution in [0.5, 0.6) is 11.5 Å². The van der Waals surface area contributed by atoms with Gasteiger partial charge >= 0.3 is 16.8 Å². The summed E-state index contributed by atoms with van der Waals surface area (Å²) in [5, 5.41) is 2.14. The van der Waals surface area contributed by atoms with Gasteiger partial charge in [0.05, 0.1) is 13.2 Å². The molecule has 0 N–H and O–H groups in total. The zero-order chi connectivity index (χ0) is 52.5. The van der Waals surface area contributed by atoms with Gasteiger partial charge in [-0.15, -0.1) is 0 Å². The Kier molecular flexibility index (Phi) is 15.6. The summed E-state index contributed by atoms with van der Waals surface area (Å²) in [6.45, 7) is 56.4. The second kappa shape index (κ2) is 19.5. The zero-order valence-corrected chi connectivity index (χ0v) is 50.0. The molecule has 4 aromatic carbocycles. The number of rotatable bonds is 13. The Labute approximate surface area is 427 Å². The molecule has 0 spiro atoms. The largest absolute Gasteiger partial charge is 0.453 e. The Morgan fingerprint density at radius 1 is 0.386 bits per heavy atom. The van der Waals surface area contributed by atoms with E-state index in [0.29, 0.717) is 13.2 Å². The molecule has 6 nitrogen and oxygen atoms in total. The van der Waals surface area contributed by atoms with E-state index in [1.54, 1.807) is 0 Å². The van der Waals surface area contributed by atoms with Crippen molar-refractivity contribution in [2.24, 2.45) is 0 Å². The summed E-state index contributed by atoms with van der Waals surface area (Å²) in [6, 6.07) is 19.0. The highest BCUT2D eigenvalue weighted by Gasteiger charge is 2.37. The fraction of sp³-hybridized carbons (Fsp3) is 0.613. The van der Waals surface area contributed by atoms with Crippen LogP contribution >= 0.6 is 16.8 Å². The van der Waals surface area contributed by atoms with E-state index in [0.717, 1.165) is 81.4 Å². The minimum Gasteiger partial charge on any atom is -0.426 e. The lowest BCUT2D eigenvalue weighted by Crippen LogP contribution is -2.21. The third kappa shape index (κ3) is 11.4. The summed E-state index contributed by atoms with van der Waals surface area (Å²) < 4.78 is 42.3. The van der Waals surface area contributed by atoms with Crippen molar-refractivity contribution in [1.82, 2.24) is 0 Å². The predicted octanol–water partition coefficient (Wildman–Crippen LogP) is 20.4. The summed E-state index contributed by atoms with van der Waals surface area (Å²) in [5.41, 5.74) is 11.4. The molecule has 1 fully saturated rings.